The molecule has 1 heterocycles. The lowest BCUT2D eigenvalue weighted by Crippen LogP contribution is -2.47. The van der Waals surface area contributed by atoms with Gasteiger partial charge in [0.1, 0.15) is 0 Å². The number of nitrogens with zero attached hydrogens (tertiary/aromatic N) is 2. The van der Waals surface area contributed by atoms with Gasteiger partial charge in [-0.1, -0.05) is 0 Å². The zero-order valence-electron chi connectivity index (χ0n) is 7.35. The standard InChI is InChI=1S/C8H13N3.2ClH/c9-7-8(3-1-4-8)11-6-2-5-10-11;;/h2,5-6H,1,3-4,7,9H2;2*1H. The maximum absolute atomic E-state index is 5.70. The Morgan fingerprint density at radius 1 is 1.38 bits per heavy atom. The molecule has 5 heteroatoms. The normalized spacial score (nSPS) is 17.9. The van der Waals surface area contributed by atoms with E-state index >= 15 is 0 Å². The third-order valence-electron chi connectivity index (χ3n) is 2.65. The fraction of sp³-hybridized carbons (Fsp3) is 0.625. The summed E-state index contributed by atoms with van der Waals surface area (Å²) in [5, 5.41) is 4.22. The minimum absolute atomic E-state index is 0. The molecule has 1 saturated carbocycles. The number of hydrogen-bond donors (Lipinski definition) is 1. The Morgan fingerprint density at radius 2 is 2.08 bits per heavy atom. The summed E-state index contributed by atoms with van der Waals surface area (Å²) in [7, 11) is 0. The molecule has 0 bridgehead atoms. The lowest BCUT2D eigenvalue weighted by atomic mass is 9.77. The predicted octanol–water partition coefficient (Wildman–Crippen LogP) is 1.56. The van der Waals surface area contributed by atoms with Crippen LogP contribution in [0.3, 0.4) is 0 Å². The monoisotopic (exact) mass is 223 g/mol. The van der Waals surface area contributed by atoms with Gasteiger partial charge in [0, 0.05) is 18.9 Å². The van der Waals surface area contributed by atoms with E-state index < -0.39 is 0 Å². The van der Waals surface area contributed by atoms with Gasteiger partial charge in [0.2, 0.25) is 0 Å². The largest absolute Gasteiger partial charge is 0.328 e. The Bertz CT molecular complexity index is 226. The van der Waals surface area contributed by atoms with E-state index in [1.54, 1.807) is 0 Å². The van der Waals surface area contributed by atoms with Gasteiger partial charge in [-0.3, -0.25) is 4.68 Å². The van der Waals surface area contributed by atoms with Crippen LogP contribution in [0.25, 0.3) is 0 Å². The van der Waals surface area contributed by atoms with Gasteiger partial charge in [0.05, 0.1) is 5.54 Å². The molecule has 0 atom stereocenters. The molecule has 1 aliphatic rings. The summed E-state index contributed by atoms with van der Waals surface area (Å²) in [6, 6.07) is 1.95. The van der Waals surface area contributed by atoms with Gasteiger partial charge in [-0.05, 0) is 25.3 Å². The number of aromatic nitrogens is 2. The first-order valence-corrected chi connectivity index (χ1v) is 4.08. The Balaban J connectivity index is 0.000000720. The summed E-state index contributed by atoms with van der Waals surface area (Å²) in [5.74, 6) is 0. The second-order valence-electron chi connectivity index (χ2n) is 3.23. The lowest BCUT2D eigenvalue weighted by Gasteiger charge is -2.41. The highest BCUT2D eigenvalue weighted by Crippen LogP contribution is 2.37. The zero-order chi connectivity index (χ0) is 7.73. The summed E-state index contributed by atoms with van der Waals surface area (Å²) in [4.78, 5) is 0. The van der Waals surface area contributed by atoms with Crippen LogP contribution >= 0.6 is 24.8 Å². The van der Waals surface area contributed by atoms with Gasteiger partial charge >= 0.3 is 0 Å². The van der Waals surface area contributed by atoms with Crippen LogP contribution in [0.5, 0.6) is 0 Å². The number of nitrogens with two attached hydrogens (primary N) is 1. The average molecular weight is 224 g/mol. The molecular weight excluding hydrogens is 209 g/mol. The molecule has 13 heavy (non-hydrogen) atoms. The van der Waals surface area contributed by atoms with Crippen molar-refractivity contribution in [1.82, 2.24) is 9.78 Å². The molecule has 0 saturated heterocycles. The quantitative estimate of drug-likeness (QED) is 0.828. The summed E-state index contributed by atoms with van der Waals surface area (Å²) in [5.41, 5.74) is 5.87. The molecule has 76 valence electrons. The van der Waals surface area contributed by atoms with Gasteiger partial charge in [-0.2, -0.15) is 5.10 Å². The molecule has 2 N–H and O–H groups in total. The van der Waals surface area contributed by atoms with E-state index in [0.29, 0.717) is 6.54 Å². The zero-order valence-corrected chi connectivity index (χ0v) is 8.98. The first-order valence-electron chi connectivity index (χ1n) is 4.08. The predicted molar refractivity (Wildman–Crippen MR) is 57.6 cm³/mol. The van der Waals surface area contributed by atoms with E-state index in [9.17, 15) is 0 Å². The van der Waals surface area contributed by atoms with E-state index in [1.165, 1.54) is 19.3 Å². The molecule has 1 aliphatic carbocycles. The van der Waals surface area contributed by atoms with Gasteiger partial charge in [0.15, 0.2) is 0 Å². The number of rotatable bonds is 2. The van der Waals surface area contributed by atoms with Crippen molar-refractivity contribution >= 4 is 24.8 Å². The lowest BCUT2D eigenvalue weighted by molar-refractivity contribution is 0.135. The highest BCUT2D eigenvalue weighted by atomic mass is 35.5. The van der Waals surface area contributed by atoms with Crippen LogP contribution in [0.4, 0.5) is 0 Å². The second kappa shape index (κ2) is 4.84. The molecule has 0 amide bonds. The fourth-order valence-corrected chi connectivity index (χ4v) is 1.66. The fourth-order valence-electron chi connectivity index (χ4n) is 1.66. The van der Waals surface area contributed by atoms with Gasteiger partial charge in [-0.25, -0.2) is 0 Å². The minimum atomic E-state index is 0. The van der Waals surface area contributed by atoms with Gasteiger partial charge < -0.3 is 5.73 Å². The molecule has 1 aromatic rings. The van der Waals surface area contributed by atoms with Crippen molar-refractivity contribution in [3.63, 3.8) is 0 Å². The minimum Gasteiger partial charge on any atom is -0.328 e. The van der Waals surface area contributed by atoms with E-state index in [0.717, 1.165) is 0 Å². The third-order valence-corrected chi connectivity index (χ3v) is 2.65. The Labute approximate surface area is 90.5 Å². The SMILES string of the molecule is Cl.Cl.NCC1(n2cccn2)CCC1. The molecule has 0 radical (unpaired) electrons. The molecular formula is C8H15Cl2N3. The van der Waals surface area contributed by atoms with Crippen molar-refractivity contribution in [2.75, 3.05) is 6.54 Å². The molecule has 0 aliphatic heterocycles. The highest BCUT2D eigenvalue weighted by Gasteiger charge is 2.37. The number of halogens is 2. The molecule has 3 nitrogen and oxygen atoms in total. The van der Waals surface area contributed by atoms with Crippen LogP contribution in [0.2, 0.25) is 0 Å². The van der Waals surface area contributed by atoms with Crippen LogP contribution in [0.15, 0.2) is 18.5 Å². The van der Waals surface area contributed by atoms with E-state index in [2.05, 4.69) is 5.10 Å². The maximum Gasteiger partial charge on any atom is 0.0749 e. The van der Waals surface area contributed by atoms with Crippen molar-refractivity contribution in [2.45, 2.75) is 24.8 Å². The van der Waals surface area contributed by atoms with Crippen molar-refractivity contribution < 1.29 is 0 Å². The topological polar surface area (TPSA) is 43.8 Å². The Hall–Kier alpha value is -0.250. The van der Waals surface area contributed by atoms with Gasteiger partial charge in [0.25, 0.3) is 0 Å². The van der Waals surface area contributed by atoms with Crippen LogP contribution < -0.4 is 5.73 Å². The van der Waals surface area contributed by atoms with Crippen molar-refractivity contribution in [3.8, 4) is 0 Å². The van der Waals surface area contributed by atoms with Crippen molar-refractivity contribution in [3.05, 3.63) is 18.5 Å². The van der Waals surface area contributed by atoms with Crippen molar-refractivity contribution in [1.29, 1.82) is 0 Å². The second-order valence-corrected chi connectivity index (χ2v) is 3.23. The molecule has 0 spiro atoms. The summed E-state index contributed by atoms with van der Waals surface area (Å²) in [6.07, 6.45) is 7.48. The summed E-state index contributed by atoms with van der Waals surface area (Å²) >= 11 is 0. The van der Waals surface area contributed by atoms with Crippen LogP contribution in [0, 0.1) is 0 Å². The molecule has 2 rings (SSSR count). The van der Waals surface area contributed by atoms with Crippen LogP contribution in [0.1, 0.15) is 19.3 Å². The van der Waals surface area contributed by atoms with Crippen LogP contribution in [-0.2, 0) is 5.54 Å². The first-order chi connectivity index (χ1) is 5.37. The number of hydrogen-bond acceptors (Lipinski definition) is 2. The van der Waals surface area contributed by atoms with Crippen molar-refractivity contribution in [2.24, 2.45) is 5.73 Å². The smallest absolute Gasteiger partial charge is 0.0749 e. The highest BCUT2D eigenvalue weighted by molar-refractivity contribution is 5.85. The molecule has 0 aromatic carbocycles. The van der Waals surface area contributed by atoms with Crippen LogP contribution in [-0.4, -0.2) is 16.3 Å². The maximum atomic E-state index is 5.70. The molecule has 0 unspecified atom stereocenters. The van der Waals surface area contributed by atoms with Gasteiger partial charge in [-0.15, -0.1) is 24.8 Å². The third kappa shape index (κ3) is 1.98. The first kappa shape index (κ1) is 12.8. The summed E-state index contributed by atoms with van der Waals surface area (Å²) in [6.45, 7) is 0.717. The average Bonchev–Trinajstić information content (AvgIpc) is 2.39. The van der Waals surface area contributed by atoms with E-state index in [4.69, 9.17) is 5.73 Å². The molecule has 1 aromatic heterocycles. The Kier molecular flexibility index (Phi) is 4.75. The Morgan fingerprint density at radius 3 is 2.38 bits per heavy atom. The summed E-state index contributed by atoms with van der Waals surface area (Å²) < 4.78 is 2.01. The van der Waals surface area contributed by atoms with E-state index in [1.807, 2.05) is 23.1 Å². The van der Waals surface area contributed by atoms with E-state index in [-0.39, 0.29) is 30.4 Å². The molecule has 1 fully saturated rings.